The van der Waals surface area contributed by atoms with Crippen LogP contribution < -0.4 is 10.6 Å². The number of rotatable bonds is 5. The Labute approximate surface area is 118 Å². The summed E-state index contributed by atoms with van der Waals surface area (Å²) in [5.41, 5.74) is 2.68. The van der Waals surface area contributed by atoms with Crippen LogP contribution in [0.3, 0.4) is 0 Å². The fourth-order valence-corrected chi connectivity index (χ4v) is 1.87. The smallest absolute Gasteiger partial charge is 0.255 e. The van der Waals surface area contributed by atoms with Gasteiger partial charge in [0.1, 0.15) is 5.82 Å². The zero-order chi connectivity index (χ0) is 14.4. The average Bonchev–Trinajstić information content (AvgIpc) is 2.47. The Kier molecular flexibility index (Phi) is 4.65. The van der Waals surface area contributed by atoms with Crippen molar-refractivity contribution in [2.75, 3.05) is 11.9 Å². The van der Waals surface area contributed by atoms with E-state index in [-0.39, 0.29) is 5.91 Å². The standard InChI is InChI=1S/C15H18N4O/c1-3-17-14-13(5-4-7-18-14)15(20)19-10-12-6-8-16-9-11(12)2/h4-9H,3,10H2,1-2H3,(H,17,18)(H,19,20). The molecule has 0 bridgehead atoms. The predicted octanol–water partition coefficient (Wildman–Crippen LogP) is 2.15. The molecule has 2 rings (SSSR count). The van der Waals surface area contributed by atoms with Gasteiger partial charge in [0, 0.05) is 31.7 Å². The number of aromatic nitrogens is 2. The van der Waals surface area contributed by atoms with Crippen molar-refractivity contribution >= 4 is 11.7 Å². The van der Waals surface area contributed by atoms with Crippen LogP contribution >= 0.6 is 0 Å². The largest absolute Gasteiger partial charge is 0.370 e. The molecule has 0 atom stereocenters. The fraction of sp³-hybridized carbons (Fsp3) is 0.267. The third-order valence-electron chi connectivity index (χ3n) is 2.97. The summed E-state index contributed by atoms with van der Waals surface area (Å²) in [7, 11) is 0. The first-order valence-electron chi connectivity index (χ1n) is 6.59. The lowest BCUT2D eigenvalue weighted by atomic mass is 10.1. The van der Waals surface area contributed by atoms with Crippen LogP contribution in [-0.4, -0.2) is 22.4 Å². The lowest BCUT2D eigenvalue weighted by molar-refractivity contribution is 0.0951. The fourth-order valence-electron chi connectivity index (χ4n) is 1.87. The van der Waals surface area contributed by atoms with Crippen molar-refractivity contribution in [1.82, 2.24) is 15.3 Å². The van der Waals surface area contributed by atoms with Gasteiger partial charge >= 0.3 is 0 Å². The molecule has 0 fully saturated rings. The number of nitrogens with one attached hydrogen (secondary N) is 2. The van der Waals surface area contributed by atoms with E-state index in [9.17, 15) is 4.79 Å². The van der Waals surface area contributed by atoms with Gasteiger partial charge < -0.3 is 10.6 Å². The number of hydrogen-bond acceptors (Lipinski definition) is 4. The summed E-state index contributed by atoms with van der Waals surface area (Å²) < 4.78 is 0. The highest BCUT2D eigenvalue weighted by Gasteiger charge is 2.11. The molecule has 0 saturated heterocycles. The van der Waals surface area contributed by atoms with Gasteiger partial charge in [0.15, 0.2) is 0 Å². The molecule has 2 aromatic heterocycles. The number of hydrogen-bond donors (Lipinski definition) is 2. The quantitative estimate of drug-likeness (QED) is 0.873. The highest BCUT2D eigenvalue weighted by molar-refractivity contribution is 5.98. The van der Waals surface area contributed by atoms with Crippen molar-refractivity contribution in [1.29, 1.82) is 0 Å². The maximum absolute atomic E-state index is 12.2. The Morgan fingerprint density at radius 2 is 2.15 bits per heavy atom. The molecule has 0 saturated carbocycles. The highest BCUT2D eigenvalue weighted by atomic mass is 16.1. The molecule has 0 unspecified atom stereocenters. The van der Waals surface area contributed by atoms with Gasteiger partial charge in [0.2, 0.25) is 0 Å². The van der Waals surface area contributed by atoms with Crippen molar-refractivity contribution in [2.24, 2.45) is 0 Å². The first-order valence-corrected chi connectivity index (χ1v) is 6.59. The zero-order valence-corrected chi connectivity index (χ0v) is 11.7. The molecule has 0 aliphatic carbocycles. The summed E-state index contributed by atoms with van der Waals surface area (Å²) in [6.45, 7) is 5.15. The minimum Gasteiger partial charge on any atom is -0.370 e. The lowest BCUT2D eigenvalue weighted by Crippen LogP contribution is -2.24. The van der Waals surface area contributed by atoms with Crippen molar-refractivity contribution in [3.8, 4) is 0 Å². The van der Waals surface area contributed by atoms with Gasteiger partial charge in [-0.1, -0.05) is 0 Å². The summed E-state index contributed by atoms with van der Waals surface area (Å²) in [6, 6.07) is 5.43. The molecule has 104 valence electrons. The van der Waals surface area contributed by atoms with E-state index in [0.29, 0.717) is 17.9 Å². The van der Waals surface area contributed by atoms with Crippen LogP contribution in [-0.2, 0) is 6.54 Å². The molecular weight excluding hydrogens is 252 g/mol. The van der Waals surface area contributed by atoms with Crippen molar-refractivity contribution in [3.63, 3.8) is 0 Å². The second kappa shape index (κ2) is 6.65. The van der Waals surface area contributed by atoms with Gasteiger partial charge in [-0.15, -0.1) is 0 Å². The van der Waals surface area contributed by atoms with Crippen molar-refractivity contribution in [2.45, 2.75) is 20.4 Å². The number of anilines is 1. The number of carbonyl (C=O) groups is 1. The molecule has 0 aromatic carbocycles. The minimum absolute atomic E-state index is 0.134. The van der Waals surface area contributed by atoms with Gasteiger partial charge in [-0.3, -0.25) is 9.78 Å². The molecule has 0 radical (unpaired) electrons. The molecule has 2 heterocycles. The van der Waals surface area contributed by atoms with Crippen molar-refractivity contribution in [3.05, 3.63) is 53.5 Å². The Morgan fingerprint density at radius 1 is 1.30 bits per heavy atom. The van der Waals surface area contributed by atoms with Crippen LogP contribution in [0.15, 0.2) is 36.8 Å². The minimum atomic E-state index is -0.134. The number of carbonyl (C=O) groups excluding carboxylic acids is 1. The van der Waals surface area contributed by atoms with Crippen LogP contribution in [0.1, 0.15) is 28.4 Å². The Bertz CT molecular complexity index is 598. The normalized spacial score (nSPS) is 10.1. The van der Waals surface area contributed by atoms with Crippen LogP contribution in [0.5, 0.6) is 0 Å². The first kappa shape index (κ1) is 14.0. The number of aryl methyl sites for hydroxylation is 1. The summed E-state index contributed by atoms with van der Waals surface area (Å²) in [6.07, 6.45) is 5.18. The van der Waals surface area contributed by atoms with E-state index in [2.05, 4.69) is 20.6 Å². The average molecular weight is 270 g/mol. The molecule has 0 aliphatic heterocycles. The maximum atomic E-state index is 12.2. The van der Waals surface area contributed by atoms with Crippen molar-refractivity contribution < 1.29 is 4.79 Å². The molecule has 0 aliphatic rings. The first-order chi connectivity index (χ1) is 9.72. The molecule has 2 aromatic rings. The van der Waals surface area contributed by atoms with E-state index < -0.39 is 0 Å². The van der Waals surface area contributed by atoms with E-state index in [4.69, 9.17) is 0 Å². The van der Waals surface area contributed by atoms with Gasteiger partial charge in [-0.2, -0.15) is 0 Å². The predicted molar refractivity (Wildman–Crippen MR) is 78.5 cm³/mol. The number of amides is 1. The van der Waals surface area contributed by atoms with E-state index in [1.54, 1.807) is 30.7 Å². The number of nitrogens with zero attached hydrogens (tertiary/aromatic N) is 2. The second-order valence-corrected chi connectivity index (χ2v) is 4.41. The monoisotopic (exact) mass is 270 g/mol. The Morgan fingerprint density at radius 3 is 2.90 bits per heavy atom. The molecule has 0 spiro atoms. The van der Waals surface area contributed by atoms with Crippen LogP contribution in [0.2, 0.25) is 0 Å². The number of pyridine rings is 2. The van der Waals surface area contributed by atoms with Gasteiger partial charge in [-0.25, -0.2) is 4.98 Å². The summed E-state index contributed by atoms with van der Waals surface area (Å²) in [5, 5.41) is 5.99. The molecule has 1 amide bonds. The van der Waals surface area contributed by atoms with Crippen LogP contribution in [0.4, 0.5) is 5.82 Å². The van der Waals surface area contributed by atoms with E-state index in [0.717, 1.165) is 17.7 Å². The van der Waals surface area contributed by atoms with Crippen LogP contribution in [0, 0.1) is 6.92 Å². The summed E-state index contributed by atoms with van der Waals surface area (Å²) in [5.74, 6) is 0.476. The SMILES string of the molecule is CCNc1ncccc1C(=O)NCc1ccncc1C. The molecule has 2 N–H and O–H groups in total. The Balaban J connectivity index is 2.07. The van der Waals surface area contributed by atoms with E-state index in [1.165, 1.54) is 0 Å². The molecular formula is C15H18N4O. The third kappa shape index (κ3) is 3.32. The van der Waals surface area contributed by atoms with Gasteiger partial charge in [-0.05, 0) is 43.2 Å². The molecule has 5 nitrogen and oxygen atoms in total. The van der Waals surface area contributed by atoms with E-state index >= 15 is 0 Å². The topological polar surface area (TPSA) is 66.9 Å². The molecule has 20 heavy (non-hydrogen) atoms. The summed E-state index contributed by atoms with van der Waals surface area (Å²) >= 11 is 0. The van der Waals surface area contributed by atoms with Gasteiger partial charge in [0.25, 0.3) is 5.91 Å². The molecule has 5 heteroatoms. The maximum Gasteiger partial charge on any atom is 0.255 e. The lowest BCUT2D eigenvalue weighted by Gasteiger charge is -2.10. The van der Waals surface area contributed by atoms with Gasteiger partial charge in [0.05, 0.1) is 5.56 Å². The Hall–Kier alpha value is -2.43. The second-order valence-electron chi connectivity index (χ2n) is 4.41. The zero-order valence-electron chi connectivity index (χ0n) is 11.7. The highest BCUT2D eigenvalue weighted by Crippen LogP contribution is 2.11. The van der Waals surface area contributed by atoms with Crippen LogP contribution in [0.25, 0.3) is 0 Å². The third-order valence-corrected chi connectivity index (χ3v) is 2.97. The summed E-state index contributed by atoms with van der Waals surface area (Å²) in [4.78, 5) is 20.4. The van der Waals surface area contributed by atoms with E-state index in [1.807, 2.05) is 19.9 Å².